The predicted octanol–water partition coefficient (Wildman–Crippen LogP) is 3.38. The van der Waals surface area contributed by atoms with E-state index in [4.69, 9.17) is 4.74 Å². The summed E-state index contributed by atoms with van der Waals surface area (Å²) in [7, 11) is 0. The second kappa shape index (κ2) is 7.01. The molecule has 0 bridgehead atoms. The Morgan fingerprint density at radius 3 is 2.26 bits per heavy atom. The zero-order chi connectivity index (χ0) is 18.9. The number of pyridine rings is 1. The smallest absolute Gasteiger partial charge is 0.416 e. The van der Waals surface area contributed by atoms with E-state index in [1.807, 2.05) is 6.07 Å². The number of aromatic nitrogens is 1. The van der Waals surface area contributed by atoms with Gasteiger partial charge in [-0.2, -0.15) is 13.2 Å². The van der Waals surface area contributed by atoms with Gasteiger partial charge in [0.05, 0.1) is 11.8 Å². The Hall–Kier alpha value is -2.32. The van der Waals surface area contributed by atoms with Crippen LogP contribution in [0.1, 0.15) is 18.4 Å². The molecular formula is C19H21F3N4O. The van der Waals surface area contributed by atoms with E-state index in [1.54, 1.807) is 12.3 Å². The third-order valence-corrected chi connectivity index (χ3v) is 5.23. The molecule has 1 aromatic heterocycles. The second-order valence-electron chi connectivity index (χ2n) is 7.02. The van der Waals surface area contributed by atoms with Gasteiger partial charge in [-0.3, -0.25) is 5.32 Å². The van der Waals surface area contributed by atoms with Gasteiger partial charge in [-0.1, -0.05) is 0 Å². The Morgan fingerprint density at radius 1 is 1.00 bits per heavy atom. The molecule has 1 aromatic carbocycles. The van der Waals surface area contributed by atoms with Crippen LogP contribution in [0.3, 0.4) is 0 Å². The van der Waals surface area contributed by atoms with Gasteiger partial charge >= 0.3 is 6.18 Å². The maximum absolute atomic E-state index is 12.6. The maximum Gasteiger partial charge on any atom is 0.416 e. The molecule has 0 radical (unpaired) electrons. The van der Waals surface area contributed by atoms with E-state index in [2.05, 4.69) is 20.5 Å². The second-order valence-corrected chi connectivity index (χ2v) is 7.02. The fourth-order valence-corrected chi connectivity index (χ4v) is 3.60. The van der Waals surface area contributed by atoms with E-state index < -0.39 is 11.7 Å². The predicted molar refractivity (Wildman–Crippen MR) is 95.9 cm³/mol. The van der Waals surface area contributed by atoms with Crippen molar-refractivity contribution in [2.45, 2.75) is 24.6 Å². The molecule has 2 aliphatic rings. The highest BCUT2D eigenvalue weighted by molar-refractivity contribution is 5.43. The normalized spacial score (nSPS) is 19.4. The fourth-order valence-electron chi connectivity index (χ4n) is 3.60. The van der Waals surface area contributed by atoms with Crippen molar-refractivity contribution in [3.05, 3.63) is 48.2 Å². The summed E-state index contributed by atoms with van der Waals surface area (Å²) in [6.07, 6.45) is -0.622. The minimum absolute atomic E-state index is 0.210. The van der Waals surface area contributed by atoms with Crippen LogP contribution in [0.4, 0.5) is 19.0 Å². The molecule has 3 heterocycles. The number of hydrogen-bond acceptors (Lipinski definition) is 5. The van der Waals surface area contributed by atoms with Crippen molar-refractivity contribution >= 4 is 5.82 Å². The molecule has 27 heavy (non-hydrogen) atoms. The first kappa shape index (κ1) is 18.1. The van der Waals surface area contributed by atoms with Crippen molar-refractivity contribution in [3.8, 4) is 11.5 Å². The third-order valence-electron chi connectivity index (χ3n) is 5.23. The van der Waals surface area contributed by atoms with Crippen LogP contribution in [-0.4, -0.2) is 36.8 Å². The summed E-state index contributed by atoms with van der Waals surface area (Å²) in [5, 5.41) is 6.90. The standard InChI is InChI=1S/C19H21F3N4O/c20-19(21,22)14-1-3-15(4-2-14)27-16-5-6-17(24-11-16)26-9-7-18(8-10-26)12-23-13-25-18/h1-6,11,23,25H,7-10,12-13H2. The van der Waals surface area contributed by atoms with Gasteiger partial charge in [-0.05, 0) is 49.2 Å². The van der Waals surface area contributed by atoms with E-state index in [1.165, 1.54) is 12.1 Å². The lowest BCUT2D eigenvalue weighted by Gasteiger charge is -2.39. The highest BCUT2D eigenvalue weighted by atomic mass is 19.4. The maximum atomic E-state index is 12.6. The molecule has 0 saturated carbocycles. The van der Waals surface area contributed by atoms with Crippen LogP contribution in [0.25, 0.3) is 0 Å². The lowest BCUT2D eigenvalue weighted by atomic mass is 9.88. The summed E-state index contributed by atoms with van der Waals surface area (Å²) in [4.78, 5) is 6.70. The van der Waals surface area contributed by atoms with Crippen LogP contribution in [0, 0.1) is 0 Å². The van der Waals surface area contributed by atoms with Crippen molar-refractivity contribution in [1.29, 1.82) is 0 Å². The van der Waals surface area contributed by atoms with Crippen molar-refractivity contribution < 1.29 is 17.9 Å². The zero-order valence-corrected chi connectivity index (χ0v) is 14.7. The molecule has 2 N–H and O–H groups in total. The lowest BCUT2D eigenvalue weighted by molar-refractivity contribution is -0.137. The molecule has 0 atom stereocenters. The number of benzene rings is 1. The fraction of sp³-hybridized carbons (Fsp3) is 0.421. The quantitative estimate of drug-likeness (QED) is 0.858. The Bertz CT molecular complexity index is 761. The summed E-state index contributed by atoms with van der Waals surface area (Å²) in [5.74, 6) is 1.72. The van der Waals surface area contributed by atoms with E-state index >= 15 is 0 Å². The number of hydrogen-bond donors (Lipinski definition) is 2. The molecule has 5 nitrogen and oxygen atoms in total. The SMILES string of the molecule is FC(F)(F)c1ccc(Oc2ccc(N3CCC4(CC3)CNCN4)nc2)cc1. The lowest BCUT2D eigenvalue weighted by Crippen LogP contribution is -2.52. The Balaban J connectivity index is 1.36. The van der Waals surface area contributed by atoms with Crippen LogP contribution in [0.15, 0.2) is 42.6 Å². The van der Waals surface area contributed by atoms with Gasteiger partial charge in [0.25, 0.3) is 0 Å². The molecule has 4 rings (SSSR count). The minimum Gasteiger partial charge on any atom is -0.456 e. The first-order chi connectivity index (χ1) is 12.9. The number of ether oxygens (including phenoxy) is 1. The first-order valence-corrected chi connectivity index (χ1v) is 8.96. The van der Waals surface area contributed by atoms with Crippen molar-refractivity contribution in [2.75, 3.05) is 31.2 Å². The molecule has 2 saturated heterocycles. The summed E-state index contributed by atoms with van der Waals surface area (Å²) in [5.41, 5.74) is -0.486. The van der Waals surface area contributed by atoms with Gasteiger partial charge in [0.2, 0.25) is 0 Å². The van der Waals surface area contributed by atoms with Crippen LogP contribution in [-0.2, 0) is 6.18 Å². The minimum atomic E-state index is -4.35. The summed E-state index contributed by atoms with van der Waals surface area (Å²) < 4.78 is 43.4. The largest absolute Gasteiger partial charge is 0.456 e. The Morgan fingerprint density at radius 2 is 1.70 bits per heavy atom. The van der Waals surface area contributed by atoms with Crippen molar-refractivity contribution in [2.24, 2.45) is 0 Å². The third kappa shape index (κ3) is 4.01. The average molecular weight is 378 g/mol. The van der Waals surface area contributed by atoms with Crippen LogP contribution >= 0.6 is 0 Å². The van der Waals surface area contributed by atoms with Crippen LogP contribution in [0.5, 0.6) is 11.5 Å². The Kier molecular flexibility index (Phi) is 4.69. The number of nitrogens with one attached hydrogen (secondary N) is 2. The molecule has 1 spiro atoms. The molecule has 0 aliphatic carbocycles. The molecule has 2 fully saturated rings. The molecule has 2 aliphatic heterocycles. The van der Waals surface area contributed by atoms with E-state index in [9.17, 15) is 13.2 Å². The molecule has 8 heteroatoms. The number of halogens is 3. The molecule has 0 amide bonds. The molecular weight excluding hydrogens is 357 g/mol. The summed E-state index contributed by atoms with van der Waals surface area (Å²) in [6, 6.07) is 8.31. The number of rotatable bonds is 3. The summed E-state index contributed by atoms with van der Waals surface area (Å²) >= 11 is 0. The summed E-state index contributed by atoms with van der Waals surface area (Å²) in [6.45, 7) is 3.74. The van der Waals surface area contributed by atoms with Gasteiger partial charge in [-0.15, -0.1) is 0 Å². The van der Waals surface area contributed by atoms with Crippen LogP contribution in [0.2, 0.25) is 0 Å². The van der Waals surface area contributed by atoms with E-state index in [-0.39, 0.29) is 5.54 Å². The topological polar surface area (TPSA) is 49.4 Å². The van der Waals surface area contributed by atoms with E-state index in [0.29, 0.717) is 11.5 Å². The molecule has 2 aromatic rings. The Labute approximate surface area is 155 Å². The van der Waals surface area contributed by atoms with Crippen molar-refractivity contribution in [1.82, 2.24) is 15.6 Å². The van der Waals surface area contributed by atoms with E-state index in [0.717, 1.165) is 57.1 Å². The highest BCUT2D eigenvalue weighted by Crippen LogP contribution is 2.32. The highest BCUT2D eigenvalue weighted by Gasteiger charge is 2.37. The van der Waals surface area contributed by atoms with Gasteiger partial charge in [0.15, 0.2) is 0 Å². The first-order valence-electron chi connectivity index (χ1n) is 8.96. The van der Waals surface area contributed by atoms with Gasteiger partial charge in [0.1, 0.15) is 17.3 Å². The van der Waals surface area contributed by atoms with Gasteiger partial charge in [-0.25, -0.2) is 4.98 Å². The number of nitrogens with zero attached hydrogens (tertiary/aromatic N) is 2. The zero-order valence-electron chi connectivity index (χ0n) is 14.7. The van der Waals surface area contributed by atoms with Gasteiger partial charge in [0, 0.05) is 31.8 Å². The van der Waals surface area contributed by atoms with Crippen LogP contribution < -0.4 is 20.3 Å². The number of piperidine rings is 1. The van der Waals surface area contributed by atoms with Crippen molar-refractivity contribution in [3.63, 3.8) is 0 Å². The average Bonchev–Trinajstić information content (AvgIpc) is 3.11. The number of alkyl halides is 3. The van der Waals surface area contributed by atoms with Gasteiger partial charge < -0.3 is 15.0 Å². The molecule has 144 valence electrons. The monoisotopic (exact) mass is 378 g/mol. The molecule has 0 unspecified atom stereocenters. The number of anilines is 1.